The molecule has 6 nitrogen and oxygen atoms in total. The zero-order chi connectivity index (χ0) is 15.9. The minimum absolute atomic E-state index is 0.0643. The minimum atomic E-state index is -0.375. The van der Waals surface area contributed by atoms with Crippen molar-refractivity contribution in [1.29, 1.82) is 0 Å². The molecule has 0 bridgehead atoms. The van der Waals surface area contributed by atoms with Crippen LogP contribution in [0.5, 0.6) is 0 Å². The highest BCUT2D eigenvalue weighted by Gasteiger charge is 2.10. The van der Waals surface area contributed by atoms with Crippen LogP contribution in [0.3, 0.4) is 0 Å². The number of aryl methyl sites for hydroxylation is 1. The standard InChI is InChI=1S/C16H19N3O3/c1-3-22-16(21)8-7-15(20)17-14-10-13(18-19-14)12-6-4-5-11(2)9-12/h4-6,9-10H,3,7-8H2,1-2H3,(H2,17,18,19,20). The van der Waals surface area contributed by atoms with Gasteiger partial charge in [-0.1, -0.05) is 23.8 Å². The molecule has 0 radical (unpaired) electrons. The molecule has 1 amide bonds. The van der Waals surface area contributed by atoms with Gasteiger partial charge in [0.25, 0.3) is 0 Å². The van der Waals surface area contributed by atoms with Crippen LogP contribution in [0.15, 0.2) is 30.3 Å². The van der Waals surface area contributed by atoms with Crippen molar-refractivity contribution in [3.8, 4) is 11.3 Å². The lowest BCUT2D eigenvalue weighted by molar-refractivity contribution is -0.144. The van der Waals surface area contributed by atoms with Gasteiger partial charge in [-0.15, -0.1) is 0 Å². The Hall–Kier alpha value is -2.63. The molecule has 0 aliphatic carbocycles. The number of carbonyl (C=O) groups is 2. The quantitative estimate of drug-likeness (QED) is 0.803. The molecule has 0 unspecified atom stereocenters. The van der Waals surface area contributed by atoms with Gasteiger partial charge in [0.1, 0.15) is 0 Å². The Labute approximate surface area is 128 Å². The summed E-state index contributed by atoms with van der Waals surface area (Å²) in [4.78, 5) is 22.9. The van der Waals surface area contributed by atoms with Crippen LogP contribution in [0.25, 0.3) is 11.3 Å². The lowest BCUT2D eigenvalue weighted by atomic mass is 10.1. The highest BCUT2D eigenvalue weighted by molar-refractivity contribution is 5.92. The zero-order valence-electron chi connectivity index (χ0n) is 12.7. The van der Waals surface area contributed by atoms with E-state index in [9.17, 15) is 9.59 Å². The van der Waals surface area contributed by atoms with Crippen LogP contribution >= 0.6 is 0 Å². The lowest BCUT2D eigenvalue weighted by Crippen LogP contribution is -2.14. The number of benzene rings is 1. The fraction of sp³-hybridized carbons (Fsp3) is 0.312. The van der Waals surface area contributed by atoms with Crippen LogP contribution in [0.2, 0.25) is 0 Å². The highest BCUT2D eigenvalue weighted by Crippen LogP contribution is 2.20. The molecule has 0 saturated carbocycles. The number of H-pyrrole nitrogens is 1. The summed E-state index contributed by atoms with van der Waals surface area (Å²) in [7, 11) is 0. The number of aromatic amines is 1. The van der Waals surface area contributed by atoms with E-state index in [0.29, 0.717) is 12.4 Å². The van der Waals surface area contributed by atoms with Gasteiger partial charge in [-0.2, -0.15) is 5.10 Å². The number of aromatic nitrogens is 2. The summed E-state index contributed by atoms with van der Waals surface area (Å²) >= 11 is 0. The molecule has 1 aromatic carbocycles. The van der Waals surface area contributed by atoms with Crippen molar-refractivity contribution in [2.24, 2.45) is 0 Å². The van der Waals surface area contributed by atoms with Crippen LogP contribution in [-0.4, -0.2) is 28.7 Å². The van der Waals surface area contributed by atoms with Gasteiger partial charge in [0.15, 0.2) is 5.82 Å². The minimum Gasteiger partial charge on any atom is -0.466 e. The first kappa shape index (κ1) is 15.8. The van der Waals surface area contributed by atoms with Crippen LogP contribution < -0.4 is 5.32 Å². The number of carbonyl (C=O) groups excluding carboxylic acids is 2. The van der Waals surface area contributed by atoms with Gasteiger partial charge >= 0.3 is 5.97 Å². The van der Waals surface area contributed by atoms with Gasteiger partial charge < -0.3 is 10.1 Å². The van der Waals surface area contributed by atoms with Gasteiger partial charge in [0.2, 0.25) is 5.91 Å². The predicted octanol–water partition coefficient (Wildman–Crippen LogP) is 2.67. The van der Waals surface area contributed by atoms with E-state index in [2.05, 4.69) is 15.5 Å². The van der Waals surface area contributed by atoms with Crippen molar-refractivity contribution in [2.75, 3.05) is 11.9 Å². The van der Waals surface area contributed by atoms with Gasteiger partial charge in [-0.3, -0.25) is 14.7 Å². The first-order chi connectivity index (χ1) is 10.6. The van der Waals surface area contributed by atoms with E-state index in [1.165, 1.54) is 0 Å². The molecule has 116 valence electrons. The lowest BCUT2D eigenvalue weighted by Gasteiger charge is -2.02. The number of hydrogen-bond donors (Lipinski definition) is 2. The van der Waals surface area contributed by atoms with E-state index in [0.717, 1.165) is 16.8 Å². The van der Waals surface area contributed by atoms with Gasteiger partial charge in [0.05, 0.1) is 18.7 Å². The molecule has 0 saturated heterocycles. The molecule has 2 aromatic rings. The van der Waals surface area contributed by atoms with Crippen LogP contribution in [0, 0.1) is 6.92 Å². The first-order valence-electron chi connectivity index (χ1n) is 7.16. The summed E-state index contributed by atoms with van der Waals surface area (Å²) < 4.78 is 4.77. The van der Waals surface area contributed by atoms with Gasteiger partial charge in [0, 0.05) is 12.5 Å². The second kappa shape index (κ2) is 7.40. The van der Waals surface area contributed by atoms with Crippen molar-refractivity contribution in [1.82, 2.24) is 10.2 Å². The van der Waals surface area contributed by atoms with Crippen molar-refractivity contribution < 1.29 is 14.3 Å². The third-order valence-electron chi connectivity index (χ3n) is 3.04. The topological polar surface area (TPSA) is 84.1 Å². The summed E-state index contributed by atoms with van der Waals surface area (Å²) in [6.07, 6.45) is 0.139. The van der Waals surface area contributed by atoms with E-state index in [-0.39, 0.29) is 24.7 Å². The molecule has 0 aliphatic rings. The number of amides is 1. The van der Waals surface area contributed by atoms with Crippen molar-refractivity contribution >= 4 is 17.7 Å². The average Bonchev–Trinajstić information content (AvgIpc) is 2.94. The molecule has 2 N–H and O–H groups in total. The SMILES string of the molecule is CCOC(=O)CCC(=O)Nc1cc(-c2cccc(C)c2)[nH]n1. The number of hydrogen-bond acceptors (Lipinski definition) is 4. The van der Waals surface area contributed by atoms with E-state index in [1.54, 1.807) is 13.0 Å². The van der Waals surface area contributed by atoms with Gasteiger partial charge in [-0.25, -0.2) is 0 Å². The molecule has 6 heteroatoms. The number of nitrogens with one attached hydrogen (secondary N) is 2. The molecule has 2 rings (SSSR count). The molecular weight excluding hydrogens is 282 g/mol. The van der Waals surface area contributed by atoms with Crippen molar-refractivity contribution in [2.45, 2.75) is 26.7 Å². The number of nitrogens with zero attached hydrogens (tertiary/aromatic N) is 1. The smallest absolute Gasteiger partial charge is 0.306 e. The highest BCUT2D eigenvalue weighted by atomic mass is 16.5. The molecule has 1 heterocycles. The number of anilines is 1. The summed E-state index contributed by atoms with van der Waals surface area (Å²) in [5, 5.41) is 9.59. The molecule has 0 aliphatic heterocycles. The number of rotatable bonds is 6. The number of esters is 1. The van der Waals surface area contributed by atoms with Crippen LogP contribution in [0.1, 0.15) is 25.3 Å². The van der Waals surface area contributed by atoms with Crippen molar-refractivity contribution in [3.63, 3.8) is 0 Å². The van der Waals surface area contributed by atoms with Crippen LogP contribution in [0.4, 0.5) is 5.82 Å². The molecule has 0 fully saturated rings. The largest absolute Gasteiger partial charge is 0.466 e. The second-order valence-corrected chi connectivity index (χ2v) is 4.89. The average molecular weight is 301 g/mol. The Balaban J connectivity index is 1.92. The van der Waals surface area contributed by atoms with E-state index in [4.69, 9.17) is 4.74 Å². The van der Waals surface area contributed by atoms with Crippen LogP contribution in [-0.2, 0) is 14.3 Å². The van der Waals surface area contributed by atoms with E-state index in [1.807, 2.05) is 31.2 Å². The Kier molecular flexibility index (Phi) is 5.30. The van der Waals surface area contributed by atoms with Crippen molar-refractivity contribution in [3.05, 3.63) is 35.9 Å². The molecular formula is C16H19N3O3. The number of ether oxygens (including phenoxy) is 1. The molecule has 0 atom stereocenters. The Morgan fingerprint density at radius 3 is 2.82 bits per heavy atom. The summed E-state index contributed by atoms with van der Waals surface area (Å²) in [6, 6.07) is 9.73. The van der Waals surface area contributed by atoms with E-state index >= 15 is 0 Å². The fourth-order valence-corrected chi connectivity index (χ4v) is 2.00. The summed E-state index contributed by atoms with van der Waals surface area (Å²) in [6.45, 7) is 4.06. The molecule has 1 aromatic heterocycles. The summed E-state index contributed by atoms with van der Waals surface area (Å²) in [5.74, 6) is -0.208. The van der Waals surface area contributed by atoms with Gasteiger partial charge in [-0.05, 0) is 25.5 Å². The first-order valence-corrected chi connectivity index (χ1v) is 7.16. The monoisotopic (exact) mass is 301 g/mol. The Morgan fingerprint density at radius 2 is 2.09 bits per heavy atom. The van der Waals surface area contributed by atoms with E-state index < -0.39 is 0 Å². The molecule has 0 spiro atoms. The third kappa shape index (κ3) is 4.44. The second-order valence-electron chi connectivity index (χ2n) is 4.89. The zero-order valence-corrected chi connectivity index (χ0v) is 12.7. The maximum Gasteiger partial charge on any atom is 0.306 e. The summed E-state index contributed by atoms with van der Waals surface area (Å²) in [5.41, 5.74) is 2.97. The predicted molar refractivity (Wildman–Crippen MR) is 83.3 cm³/mol. The normalized spacial score (nSPS) is 10.3. The Morgan fingerprint density at radius 1 is 1.27 bits per heavy atom. The third-order valence-corrected chi connectivity index (χ3v) is 3.04. The maximum atomic E-state index is 11.7. The Bertz CT molecular complexity index is 664. The fourth-order valence-electron chi connectivity index (χ4n) is 2.00. The molecule has 22 heavy (non-hydrogen) atoms. The maximum absolute atomic E-state index is 11.7.